The van der Waals surface area contributed by atoms with E-state index in [9.17, 15) is 9.90 Å². The highest BCUT2D eigenvalue weighted by molar-refractivity contribution is 5.80. The van der Waals surface area contributed by atoms with E-state index in [1.165, 1.54) is 25.1 Å². The zero-order valence-electron chi connectivity index (χ0n) is 7.69. The zero-order valence-corrected chi connectivity index (χ0v) is 7.69. The molecule has 0 saturated heterocycles. The van der Waals surface area contributed by atoms with Crippen molar-refractivity contribution in [2.45, 2.75) is 12.5 Å². The van der Waals surface area contributed by atoms with E-state index in [1.807, 2.05) is 0 Å². The van der Waals surface area contributed by atoms with Crippen molar-refractivity contribution in [1.82, 2.24) is 0 Å². The molecule has 0 unspecified atom stereocenters. The van der Waals surface area contributed by atoms with Crippen LogP contribution in [0.1, 0.15) is 12.5 Å². The van der Waals surface area contributed by atoms with Gasteiger partial charge in [-0.3, -0.25) is 0 Å². The molecule has 0 fully saturated rings. The van der Waals surface area contributed by atoms with Crippen molar-refractivity contribution in [2.24, 2.45) is 5.73 Å². The third kappa shape index (κ3) is 1.62. The van der Waals surface area contributed by atoms with Gasteiger partial charge in [0, 0.05) is 0 Å². The third-order valence-corrected chi connectivity index (χ3v) is 2.07. The first-order chi connectivity index (χ1) is 6.35. The minimum absolute atomic E-state index is 0.166. The topological polar surface area (TPSA) is 110 Å². The van der Waals surface area contributed by atoms with Crippen molar-refractivity contribution in [2.75, 3.05) is 5.73 Å². The minimum atomic E-state index is -1.52. The Morgan fingerprint density at radius 2 is 2.07 bits per heavy atom. The first kappa shape index (κ1) is 10.3. The smallest absolute Gasteiger partial charge is 0.328 e. The summed E-state index contributed by atoms with van der Waals surface area (Å²) in [5.74, 6) is -1.33. The number of phenolic OH excluding ortho intramolecular Hbond substituents is 1. The summed E-state index contributed by atoms with van der Waals surface area (Å²) in [7, 11) is 0. The average Bonchev–Trinajstić information content (AvgIpc) is 2.09. The molecule has 0 aromatic heterocycles. The van der Waals surface area contributed by atoms with Crippen molar-refractivity contribution >= 4 is 11.7 Å². The summed E-state index contributed by atoms with van der Waals surface area (Å²) in [6.45, 7) is 1.35. The molecule has 0 saturated carbocycles. The van der Waals surface area contributed by atoms with E-state index < -0.39 is 11.5 Å². The number of hydrogen-bond acceptors (Lipinski definition) is 4. The second-order valence-electron chi connectivity index (χ2n) is 3.28. The lowest BCUT2D eigenvalue weighted by atomic mass is 9.93. The number of aromatic hydroxyl groups is 1. The molecule has 0 aliphatic carbocycles. The predicted octanol–water partition coefficient (Wildman–Crippen LogP) is 0.233. The van der Waals surface area contributed by atoms with E-state index in [1.54, 1.807) is 0 Å². The summed E-state index contributed by atoms with van der Waals surface area (Å²) in [6, 6.07) is 4.14. The van der Waals surface area contributed by atoms with E-state index in [4.69, 9.17) is 16.6 Å². The van der Waals surface area contributed by atoms with E-state index in [-0.39, 0.29) is 11.4 Å². The fraction of sp³-hybridized carbons (Fsp3) is 0.222. The number of benzene rings is 1. The standard InChI is InChI=1S/C9H12N2O3/c1-9(11,8(13)14)5-2-3-6(10)7(12)4-5/h2-4,12H,10-11H2,1H3,(H,13,14)/t9-/m0/s1. The van der Waals surface area contributed by atoms with Gasteiger partial charge >= 0.3 is 5.97 Å². The Morgan fingerprint density at radius 1 is 1.50 bits per heavy atom. The molecule has 76 valence electrons. The van der Waals surface area contributed by atoms with Gasteiger partial charge in [-0.1, -0.05) is 6.07 Å². The van der Waals surface area contributed by atoms with Gasteiger partial charge < -0.3 is 21.7 Å². The number of phenols is 1. The van der Waals surface area contributed by atoms with Gasteiger partial charge in [-0.15, -0.1) is 0 Å². The molecule has 1 rings (SSSR count). The van der Waals surface area contributed by atoms with E-state index >= 15 is 0 Å². The molecule has 1 aromatic carbocycles. The Labute approximate surface area is 81.0 Å². The molecular formula is C9H12N2O3. The molecule has 5 heteroatoms. The quantitative estimate of drug-likeness (QED) is 0.400. The molecule has 0 aliphatic heterocycles. The lowest BCUT2D eigenvalue weighted by molar-refractivity contribution is -0.143. The molecular weight excluding hydrogens is 184 g/mol. The lowest BCUT2D eigenvalue weighted by Gasteiger charge is -2.19. The van der Waals surface area contributed by atoms with Crippen LogP contribution < -0.4 is 11.5 Å². The number of carboxylic acids is 1. The molecule has 0 aliphatic rings. The number of carboxylic acid groups (broad SMARTS) is 1. The molecule has 5 nitrogen and oxygen atoms in total. The highest BCUT2D eigenvalue weighted by Crippen LogP contribution is 2.26. The first-order valence-corrected chi connectivity index (χ1v) is 3.97. The highest BCUT2D eigenvalue weighted by atomic mass is 16.4. The average molecular weight is 196 g/mol. The van der Waals surface area contributed by atoms with Crippen LogP contribution >= 0.6 is 0 Å². The number of nitrogen functional groups attached to an aromatic ring is 1. The second kappa shape index (κ2) is 3.19. The van der Waals surface area contributed by atoms with Gasteiger partial charge in [0.05, 0.1) is 5.69 Å². The second-order valence-corrected chi connectivity index (χ2v) is 3.28. The van der Waals surface area contributed by atoms with Gasteiger partial charge in [0.2, 0.25) is 0 Å². The van der Waals surface area contributed by atoms with Crippen LogP contribution in [0.15, 0.2) is 18.2 Å². The van der Waals surface area contributed by atoms with Gasteiger partial charge in [-0.2, -0.15) is 0 Å². The highest BCUT2D eigenvalue weighted by Gasteiger charge is 2.30. The fourth-order valence-electron chi connectivity index (χ4n) is 0.990. The van der Waals surface area contributed by atoms with Crippen molar-refractivity contribution in [3.05, 3.63) is 23.8 Å². The maximum Gasteiger partial charge on any atom is 0.328 e. The van der Waals surface area contributed by atoms with Gasteiger partial charge in [0.15, 0.2) is 0 Å². The van der Waals surface area contributed by atoms with E-state index in [0.29, 0.717) is 5.56 Å². The lowest BCUT2D eigenvalue weighted by Crippen LogP contribution is -2.41. The molecule has 6 N–H and O–H groups in total. The predicted molar refractivity (Wildman–Crippen MR) is 51.7 cm³/mol. The largest absolute Gasteiger partial charge is 0.506 e. The Morgan fingerprint density at radius 3 is 2.50 bits per heavy atom. The number of hydrogen-bond donors (Lipinski definition) is 4. The van der Waals surface area contributed by atoms with Crippen LogP contribution in [0, 0.1) is 0 Å². The van der Waals surface area contributed by atoms with Crippen LogP contribution in [0.2, 0.25) is 0 Å². The first-order valence-electron chi connectivity index (χ1n) is 3.97. The van der Waals surface area contributed by atoms with Gasteiger partial charge in [0.1, 0.15) is 11.3 Å². The molecule has 1 aromatic rings. The Bertz CT molecular complexity index is 374. The summed E-state index contributed by atoms with van der Waals surface area (Å²) in [5.41, 5.74) is 9.89. The van der Waals surface area contributed by atoms with Crippen LogP contribution in [0.3, 0.4) is 0 Å². The van der Waals surface area contributed by atoms with Crippen LogP contribution in [0.5, 0.6) is 5.75 Å². The van der Waals surface area contributed by atoms with E-state index in [0.717, 1.165) is 0 Å². The molecule has 0 spiro atoms. The summed E-state index contributed by atoms with van der Waals surface area (Å²) in [4.78, 5) is 10.8. The zero-order chi connectivity index (χ0) is 10.9. The summed E-state index contributed by atoms with van der Waals surface area (Å²) in [5, 5.41) is 18.1. The summed E-state index contributed by atoms with van der Waals surface area (Å²) >= 11 is 0. The molecule has 0 bridgehead atoms. The number of rotatable bonds is 2. The Balaban J connectivity index is 3.21. The van der Waals surface area contributed by atoms with Crippen LogP contribution in [0.4, 0.5) is 5.69 Å². The number of anilines is 1. The van der Waals surface area contributed by atoms with Crippen molar-refractivity contribution in [3.8, 4) is 5.75 Å². The molecule has 1 atom stereocenters. The van der Waals surface area contributed by atoms with Crippen molar-refractivity contribution in [1.29, 1.82) is 0 Å². The fourth-order valence-corrected chi connectivity index (χ4v) is 0.990. The maximum atomic E-state index is 10.8. The van der Waals surface area contributed by atoms with Gasteiger partial charge in [-0.05, 0) is 24.6 Å². The number of aliphatic carboxylic acids is 1. The monoisotopic (exact) mass is 196 g/mol. The van der Waals surface area contributed by atoms with Gasteiger partial charge in [0.25, 0.3) is 0 Å². The van der Waals surface area contributed by atoms with E-state index in [2.05, 4.69) is 0 Å². The molecule has 0 radical (unpaired) electrons. The molecule has 14 heavy (non-hydrogen) atoms. The van der Waals surface area contributed by atoms with Crippen LogP contribution in [-0.2, 0) is 10.3 Å². The molecule has 0 heterocycles. The van der Waals surface area contributed by atoms with Gasteiger partial charge in [-0.25, -0.2) is 4.79 Å². The number of nitrogens with two attached hydrogens (primary N) is 2. The van der Waals surface area contributed by atoms with Crippen LogP contribution in [0.25, 0.3) is 0 Å². The summed E-state index contributed by atoms with van der Waals surface area (Å²) < 4.78 is 0. The minimum Gasteiger partial charge on any atom is -0.506 e. The molecule has 0 amide bonds. The summed E-state index contributed by atoms with van der Waals surface area (Å²) in [6.07, 6.45) is 0. The Hall–Kier alpha value is -1.75. The normalized spacial score (nSPS) is 14.7. The Kier molecular flexibility index (Phi) is 2.35. The van der Waals surface area contributed by atoms with Crippen molar-refractivity contribution in [3.63, 3.8) is 0 Å². The SMILES string of the molecule is C[C@@](N)(C(=O)O)c1ccc(N)c(O)c1. The maximum absolute atomic E-state index is 10.8. The number of carbonyl (C=O) groups is 1. The van der Waals surface area contributed by atoms with Crippen LogP contribution in [-0.4, -0.2) is 16.2 Å². The third-order valence-electron chi connectivity index (χ3n) is 2.07. The van der Waals surface area contributed by atoms with Crippen molar-refractivity contribution < 1.29 is 15.0 Å².